The van der Waals surface area contributed by atoms with Crippen molar-refractivity contribution in [2.45, 2.75) is 13.0 Å². The van der Waals surface area contributed by atoms with Crippen molar-refractivity contribution in [3.05, 3.63) is 40.7 Å². The lowest BCUT2D eigenvalue weighted by atomic mass is 10.2. The first-order valence-corrected chi connectivity index (χ1v) is 6.35. The molecule has 0 saturated heterocycles. The van der Waals surface area contributed by atoms with Crippen molar-refractivity contribution in [1.29, 1.82) is 5.26 Å². The number of aromatic nitrogens is 1. The number of thiazole rings is 1. The maximum Gasteiger partial charge on any atom is 0.107 e. The molecule has 0 spiro atoms. The highest BCUT2D eigenvalue weighted by molar-refractivity contribution is 7.09. The number of nitriles is 1. The fourth-order valence-electron chi connectivity index (χ4n) is 1.47. The average Bonchev–Trinajstić information content (AvgIpc) is 2.85. The summed E-state index contributed by atoms with van der Waals surface area (Å²) in [4.78, 5) is 4.55. The van der Waals surface area contributed by atoms with Crippen molar-refractivity contribution in [1.82, 2.24) is 10.3 Å². The minimum atomic E-state index is 0.539. The number of hydrogen-bond acceptors (Lipinski definition) is 4. The first-order chi connectivity index (χ1) is 8.40. The van der Waals surface area contributed by atoms with Gasteiger partial charge in [-0.1, -0.05) is 30.3 Å². The molecule has 0 aliphatic heterocycles. The second-order valence-corrected chi connectivity index (χ2v) is 4.52. The molecule has 0 aliphatic rings. The van der Waals surface area contributed by atoms with E-state index in [0.717, 1.165) is 29.4 Å². The maximum absolute atomic E-state index is 8.41. The van der Waals surface area contributed by atoms with E-state index >= 15 is 0 Å². The lowest BCUT2D eigenvalue weighted by molar-refractivity contribution is 0.696. The van der Waals surface area contributed by atoms with Gasteiger partial charge >= 0.3 is 0 Å². The van der Waals surface area contributed by atoms with Gasteiger partial charge in [0.05, 0.1) is 11.8 Å². The molecule has 0 aliphatic carbocycles. The largest absolute Gasteiger partial charge is 0.309 e. The molecular formula is C13H13N3S. The van der Waals surface area contributed by atoms with Gasteiger partial charge in [-0.3, -0.25) is 0 Å². The van der Waals surface area contributed by atoms with E-state index in [9.17, 15) is 0 Å². The van der Waals surface area contributed by atoms with Gasteiger partial charge in [0.15, 0.2) is 0 Å². The Labute approximate surface area is 105 Å². The van der Waals surface area contributed by atoms with Crippen LogP contribution in [0.5, 0.6) is 0 Å². The molecule has 2 aromatic rings. The molecule has 1 heterocycles. The second kappa shape index (κ2) is 6.14. The summed E-state index contributed by atoms with van der Waals surface area (Å²) in [7, 11) is 0. The molecule has 0 radical (unpaired) electrons. The van der Waals surface area contributed by atoms with E-state index in [-0.39, 0.29) is 0 Å². The van der Waals surface area contributed by atoms with Gasteiger partial charge in [0.25, 0.3) is 0 Å². The van der Waals surface area contributed by atoms with Crippen molar-refractivity contribution < 1.29 is 0 Å². The van der Waals surface area contributed by atoms with Crippen molar-refractivity contribution in [2.75, 3.05) is 6.54 Å². The molecule has 17 heavy (non-hydrogen) atoms. The Hall–Kier alpha value is -1.70. The molecule has 4 heteroatoms. The van der Waals surface area contributed by atoms with E-state index < -0.39 is 0 Å². The fraction of sp³-hybridized carbons (Fsp3) is 0.231. The summed E-state index contributed by atoms with van der Waals surface area (Å²) in [5.41, 5.74) is 2.17. The predicted octanol–water partition coefficient (Wildman–Crippen LogP) is 2.81. The monoisotopic (exact) mass is 243 g/mol. The molecule has 0 saturated carbocycles. The third-order valence-electron chi connectivity index (χ3n) is 2.31. The number of nitrogens with zero attached hydrogens (tertiary/aromatic N) is 2. The molecule has 0 bridgehead atoms. The molecule has 0 unspecified atom stereocenters. The van der Waals surface area contributed by atoms with E-state index in [1.165, 1.54) is 0 Å². The van der Waals surface area contributed by atoms with Crippen LogP contribution in [-0.2, 0) is 6.54 Å². The minimum absolute atomic E-state index is 0.539. The van der Waals surface area contributed by atoms with Gasteiger partial charge in [-0.25, -0.2) is 4.98 Å². The topological polar surface area (TPSA) is 48.7 Å². The van der Waals surface area contributed by atoms with E-state index in [2.05, 4.69) is 33.9 Å². The first kappa shape index (κ1) is 11.8. The van der Waals surface area contributed by atoms with E-state index in [1.807, 2.05) is 18.2 Å². The van der Waals surface area contributed by atoms with Crippen LogP contribution >= 0.6 is 11.3 Å². The van der Waals surface area contributed by atoms with Crippen LogP contribution in [0.2, 0.25) is 0 Å². The summed E-state index contributed by atoms with van der Waals surface area (Å²) in [6, 6.07) is 12.2. The second-order valence-electron chi connectivity index (χ2n) is 3.58. The third kappa shape index (κ3) is 3.38. The maximum atomic E-state index is 8.41. The van der Waals surface area contributed by atoms with Gasteiger partial charge in [0.1, 0.15) is 5.01 Å². The molecule has 1 aromatic heterocycles. The van der Waals surface area contributed by atoms with E-state index in [0.29, 0.717) is 6.42 Å². The molecule has 1 aromatic carbocycles. The smallest absolute Gasteiger partial charge is 0.107 e. The van der Waals surface area contributed by atoms with Gasteiger partial charge in [-0.15, -0.1) is 11.3 Å². The molecule has 2 rings (SSSR count). The van der Waals surface area contributed by atoms with Crippen molar-refractivity contribution in [3.63, 3.8) is 0 Å². The average molecular weight is 243 g/mol. The molecular weight excluding hydrogens is 230 g/mol. The Morgan fingerprint density at radius 1 is 1.29 bits per heavy atom. The Balaban J connectivity index is 1.95. The zero-order valence-electron chi connectivity index (χ0n) is 9.39. The van der Waals surface area contributed by atoms with Gasteiger partial charge in [-0.2, -0.15) is 5.26 Å². The van der Waals surface area contributed by atoms with Crippen molar-refractivity contribution in [2.24, 2.45) is 0 Å². The molecule has 0 fully saturated rings. The quantitative estimate of drug-likeness (QED) is 0.821. The van der Waals surface area contributed by atoms with Gasteiger partial charge in [0.2, 0.25) is 0 Å². The molecule has 0 atom stereocenters. The summed E-state index contributed by atoms with van der Waals surface area (Å²) in [5.74, 6) is 0. The molecule has 0 amide bonds. The Kier molecular flexibility index (Phi) is 4.25. The molecule has 86 valence electrons. The van der Waals surface area contributed by atoms with Crippen LogP contribution in [0.1, 0.15) is 11.4 Å². The van der Waals surface area contributed by atoms with Gasteiger partial charge in [0, 0.05) is 30.5 Å². The number of hydrogen-bond donors (Lipinski definition) is 1. The van der Waals surface area contributed by atoms with Crippen molar-refractivity contribution in [3.8, 4) is 17.3 Å². The van der Waals surface area contributed by atoms with Gasteiger partial charge in [-0.05, 0) is 0 Å². The Bertz CT molecular complexity index is 499. The number of nitrogens with one attached hydrogen (secondary N) is 1. The highest BCUT2D eigenvalue weighted by atomic mass is 32.1. The summed E-state index contributed by atoms with van der Waals surface area (Å²) in [6.07, 6.45) is 0.539. The highest BCUT2D eigenvalue weighted by Crippen LogP contribution is 2.21. The summed E-state index contributed by atoms with van der Waals surface area (Å²) in [6.45, 7) is 1.45. The van der Waals surface area contributed by atoms with E-state index in [1.54, 1.807) is 11.3 Å². The number of benzene rings is 1. The standard InChI is InChI=1S/C13H13N3S/c14-7-4-8-15-9-13-16-12(10-17-13)11-5-2-1-3-6-11/h1-3,5-6,10,15H,4,8-9H2. The van der Waals surface area contributed by atoms with Crippen LogP contribution in [0.4, 0.5) is 0 Å². The van der Waals surface area contributed by atoms with Crippen LogP contribution in [-0.4, -0.2) is 11.5 Å². The highest BCUT2D eigenvalue weighted by Gasteiger charge is 2.03. The zero-order valence-corrected chi connectivity index (χ0v) is 10.2. The first-order valence-electron chi connectivity index (χ1n) is 5.47. The summed E-state index contributed by atoms with van der Waals surface area (Å²) in [5, 5.41) is 14.7. The lowest BCUT2D eigenvalue weighted by Crippen LogP contribution is -2.13. The summed E-state index contributed by atoms with van der Waals surface area (Å²) >= 11 is 1.65. The van der Waals surface area contributed by atoms with Crippen LogP contribution in [0.3, 0.4) is 0 Å². The number of rotatable bonds is 5. The zero-order chi connectivity index (χ0) is 11.9. The Morgan fingerprint density at radius 2 is 2.12 bits per heavy atom. The van der Waals surface area contributed by atoms with E-state index in [4.69, 9.17) is 5.26 Å². The third-order valence-corrected chi connectivity index (χ3v) is 3.16. The predicted molar refractivity (Wildman–Crippen MR) is 69.5 cm³/mol. The van der Waals surface area contributed by atoms with Crippen LogP contribution in [0.15, 0.2) is 35.7 Å². The van der Waals surface area contributed by atoms with Gasteiger partial charge < -0.3 is 5.32 Å². The summed E-state index contributed by atoms with van der Waals surface area (Å²) < 4.78 is 0. The molecule has 1 N–H and O–H groups in total. The van der Waals surface area contributed by atoms with Crippen molar-refractivity contribution >= 4 is 11.3 Å². The van der Waals surface area contributed by atoms with Crippen LogP contribution in [0, 0.1) is 11.3 Å². The molecule has 3 nitrogen and oxygen atoms in total. The SMILES string of the molecule is N#CCCNCc1nc(-c2ccccc2)cs1. The fourth-order valence-corrected chi connectivity index (χ4v) is 2.25. The lowest BCUT2D eigenvalue weighted by Gasteiger charge is -1.97. The minimum Gasteiger partial charge on any atom is -0.309 e. The normalized spacial score (nSPS) is 10.1. The van der Waals surface area contributed by atoms with Crippen LogP contribution < -0.4 is 5.32 Å². The van der Waals surface area contributed by atoms with Crippen LogP contribution in [0.25, 0.3) is 11.3 Å². The Morgan fingerprint density at radius 3 is 2.88 bits per heavy atom.